The molecule has 0 radical (unpaired) electrons. The van der Waals surface area contributed by atoms with Crippen LogP contribution in [0.25, 0.3) is 11.0 Å². The van der Waals surface area contributed by atoms with E-state index < -0.39 is 0 Å². The van der Waals surface area contributed by atoms with Crippen molar-refractivity contribution >= 4 is 16.9 Å². The van der Waals surface area contributed by atoms with Gasteiger partial charge in [0.1, 0.15) is 0 Å². The van der Waals surface area contributed by atoms with Crippen LogP contribution in [-0.4, -0.2) is 50.4 Å². The first-order chi connectivity index (χ1) is 10.2. The lowest BCUT2D eigenvalue weighted by atomic mass is 10.2. The van der Waals surface area contributed by atoms with Crippen molar-refractivity contribution in [2.45, 2.75) is 6.92 Å². The molecule has 3 rings (SSSR count). The molecule has 21 heavy (non-hydrogen) atoms. The second-order valence-corrected chi connectivity index (χ2v) is 5.07. The molecule has 1 aliphatic rings. The van der Waals surface area contributed by atoms with E-state index in [-0.39, 0.29) is 0 Å². The van der Waals surface area contributed by atoms with Crippen molar-refractivity contribution in [1.29, 1.82) is 0 Å². The summed E-state index contributed by atoms with van der Waals surface area (Å²) in [4.78, 5) is 11.7. The van der Waals surface area contributed by atoms with Gasteiger partial charge in [0.05, 0.1) is 30.9 Å². The second kappa shape index (κ2) is 5.73. The maximum atomic E-state index is 5.34. The number of methoxy groups -OCH3 is 2. The van der Waals surface area contributed by atoms with Crippen LogP contribution in [-0.2, 0) is 0 Å². The summed E-state index contributed by atoms with van der Waals surface area (Å²) in [5.74, 6) is 2.30. The Labute approximate surface area is 124 Å². The fourth-order valence-electron chi connectivity index (χ4n) is 2.64. The standard InChI is InChI=1S/C15H20N4O2/c1-10-15(19-6-4-16-5-7-19)18-12-9-14(21-3)13(20-2)8-11(12)17-10/h8-9,16H,4-7H2,1-3H3. The molecule has 0 amide bonds. The number of hydrogen-bond donors (Lipinski definition) is 1. The Morgan fingerprint density at radius 2 is 1.57 bits per heavy atom. The average Bonchev–Trinajstić information content (AvgIpc) is 2.53. The van der Waals surface area contributed by atoms with Crippen molar-refractivity contribution < 1.29 is 9.47 Å². The smallest absolute Gasteiger partial charge is 0.163 e. The molecule has 1 aliphatic heterocycles. The highest BCUT2D eigenvalue weighted by Crippen LogP contribution is 2.32. The van der Waals surface area contributed by atoms with Gasteiger partial charge < -0.3 is 19.7 Å². The van der Waals surface area contributed by atoms with Crippen LogP contribution in [0.2, 0.25) is 0 Å². The third-order valence-electron chi connectivity index (χ3n) is 3.74. The zero-order chi connectivity index (χ0) is 14.8. The highest BCUT2D eigenvalue weighted by Gasteiger charge is 2.17. The normalized spacial score (nSPS) is 15.3. The molecule has 1 N–H and O–H groups in total. The van der Waals surface area contributed by atoms with Crippen molar-refractivity contribution in [3.8, 4) is 11.5 Å². The van der Waals surface area contributed by atoms with Crippen molar-refractivity contribution in [3.63, 3.8) is 0 Å². The van der Waals surface area contributed by atoms with E-state index in [0.29, 0.717) is 11.5 Å². The first kappa shape index (κ1) is 13.9. The Balaban J connectivity index is 2.08. The van der Waals surface area contributed by atoms with Crippen LogP contribution in [0, 0.1) is 6.92 Å². The molecule has 0 atom stereocenters. The summed E-state index contributed by atoms with van der Waals surface area (Å²) in [5, 5.41) is 3.35. The molecular weight excluding hydrogens is 268 g/mol. The fourth-order valence-corrected chi connectivity index (χ4v) is 2.64. The number of aromatic nitrogens is 2. The van der Waals surface area contributed by atoms with Crippen LogP contribution >= 0.6 is 0 Å². The van der Waals surface area contributed by atoms with Gasteiger partial charge in [-0.3, -0.25) is 0 Å². The highest BCUT2D eigenvalue weighted by molar-refractivity contribution is 5.81. The lowest BCUT2D eigenvalue weighted by molar-refractivity contribution is 0.355. The number of anilines is 1. The van der Waals surface area contributed by atoms with Gasteiger partial charge in [0.2, 0.25) is 0 Å². The third-order valence-corrected chi connectivity index (χ3v) is 3.74. The van der Waals surface area contributed by atoms with Crippen molar-refractivity contribution in [1.82, 2.24) is 15.3 Å². The van der Waals surface area contributed by atoms with Gasteiger partial charge in [-0.15, -0.1) is 0 Å². The number of benzene rings is 1. The largest absolute Gasteiger partial charge is 0.493 e. The van der Waals surface area contributed by atoms with Gasteiger partial charge in [-0.1, -0.05) is 0 Å². The molecule has 0 spiro atoms. The van der Waals surface area contributed by atoms with E-state index in [0.717, 1.165) is 48.7 Å². The molecule has 112 valence electrons. The number of fused-ring (bicyclic) bond motifs is 1. The molecular formula is C15H20N4O2. The number of nitrogens with one attached hydrogen (secondary N) is 1. The lowest BCUT2D eigenvalue weighted by Crippen LogP contribution is -2.44. The lowest BCUT2D eigenvalue weighted by Gasteiger charge is -2.29. The molecule has 1 saturated heterocycles. The predicted molar refractivity (Wildman–Crippen MR) is 82.5 cm³/mol. The van der Waals surface area contributed by atoms with E-state index in [1.54, 1.807) is 14.2 Å². The molecule has 2 heterocycles. The number of piperazine rings is 1. The number of aryl methyl sites for hydroxylation is 1. The number of nitrogens with zero attached hydrogens (tertiary/aromatic N) is 3. The van der Waals surface area contributed by atoms with Crippen LogP contribution in [0.4, 0.5) is 5.82 Å². The van der Waals surface area contributed by atoms with Gasteiger partial charge in [-0.05, 0) is 6.92 Å². The fraction of sp³-hybridized carbons (Fsp3) is 0.467. The maximum absolute atomic E-state index is 5.34. The molecule has 0 saturated carbocycles. The average molecular weight is 288 g/mol. The molecule has 1 aromatic heterocycles. The van der Waals surface area contributed by atoms with Crippen LogP contribution in [0.15, 0.2) is 12.1 Å². The molecule has 0 unspecified atom stereocenters. The summed E-state index contributed by atoms with van der Waals surface area (Å²) < 4.78 is 10.7. The van der Waals surface area contributed by atoms with Crippen molar-refractivity contribution in [2.24, 2.45) is 0 Å². The van der Waals surface area contributed by atoms with E-state index in [2.05, 4.69) is 15.2 Å². The minimum atomic E-state index is 0.675. The summed E-state index contributed by atoms with van der Waals surface area (Å²) in [7, 11) is 3.25. The summed E-state index contributed by atoms with van der Waals surface area (Å²) in [5.41, 5.74) is 2.59. The predicted octanol–water partition coefficient (Wildman–Crippen LogP) is 1.37. The monoisotopic (exact) mass is 288 g/mol. The summed E-state index contributed by atoms with van der Waals surface area (Å²) >= 11 is 0. The first-order valence-electron chi connectivity index (χ1n) is 7.09. The Morgan fingerprint density at radius 1 is 1.00 bits per heavy atom. The quantitative estimate of drug-likeness (QED) is 0.920. The Hall–Kier alpha value is -2.08. The third kappa shape index (κ3) is 2.58. The maximum Gasteiger partial charge on any atom is 0.163 e. The highest BCUT2D eigenvalue weighted by atomic mass is 16.5. The zero-order valence-corrected chi connectivity index (χ0v) is 12.6. The van der Waals surface area contributed by atoms with Crippen LogP contribution < -0.4 is 19.7 Å². The van der Waals surface area contributed by atoms with Crippen LogP contribution in [0.5, 0.6) is 11.5 Å². The van der Waals surface area contributed by atoms with E-state index in [9.17, 15) is 0 Å². The minimum absolute atomic E-state index is 0.675. The van der Waals surface area contributed by atoms with Crippen molar-refractivity contribution in [3.05, 3.63) is 17.8 Å². The Kier molecular flexibility index (Phi) is 3.79. The van der Waals surface area contributed by atoms with Gasteiger partial charge in [-0.25, -0.2) is 9.97 Å². The molecule has 1 fully saturated rings. The van der Waals surface area contributed by atoms with Crippen LogP contribution in [0.3, 0.4) is 0 Å². The summed E-state index contributed by atoms with van der Waals surface area (Å²) in [6.07, 6.45) is 0. The second-order valence-electron chi connectivity index (χ2n) is 5.07. The van der Waals surface area contributed by atoms with Gasteiger partial charge in [0.15, 0.2) is 17.3 Å². The Morgan fingerprint density at radius 3 is 2.14 bits per heavy atom. The topological polar surface area (TPSA) is 59.5 Å². The van der Waals surface area contributed by atoms with Gasteiger partial charge in [-0.2, -0.15) is 0 Å². The summed E-state index contributed by atoms with van der Waals surface area (Å²) in [6, 6.07) is 3.75. The molecule has 6 nitrogen and oxygen atoms in total. The molecule has 0 bridgehead atoms. The van der Waals surface area contributed by atoms with Gasteiger partial charge in [0, 0.05) is 38.3 Å². The number of rotatable bonds is 3. The van der Waals surface area contributed by atoms with Crippen LogP contribution in [0.1, 0.15) is 5.69 Å². The van der Waals surface area contributed by atoms with Gasteiger partial charge >= 0.3 is 0 Å². The molecule has 2 aromatic rings. The Bertz CT molecular complexity index is 654. The SMILES string of the molecule is COc1cc2nc(C)c(N3CCNCC3)nc2cc1OC. The van der Waals surface area contributed by atoms with E-state index in [1.807, 2.05) is 19.1 Å². The summed E-state index contributed by atoms with van der Waals surface area (Å²) in [6.45, 7) is 5.86. The number of hydrogen-bond acceptors (Lipinski definition) is 6. The minimum Gasteiger partial charge on any atom is -0.493 e. The van der Waals surface area contributed by atoms with Gasteiger partial charge in [0.25, 0.3) is 0 Å². The van der Waals surface area contributed by atoms with E-state index in [1.165, 1.54) is 0 Å². The molecule has 1 aromatic carbocycles. The number of ether oxygens (including phenoxy) is 2. The molecule has 0 aliphatic carbocycles. The first-order valence-corrected chi connectivity index (χ1v) is 7.09. The van der Waals surface area contributed by atoms with E-state index in [4.69, 9.17) is 14.5 Å². The van der Waals surface area contributed by atoms with E-state index >= 15 is 0 Å². The molecule has 6 heteroatoms. The zero-order valence-electron chi connectivity index (χ0n) is 12.6. The van der Waals surface area contributed by atoms with Crippen molar-refractivity contribution in [2.75, 3.05) is 45.3 Å².